The summed E-state index contributed by atoms with van der Waals surface area (Å²) in [6.45, 7) is 1.72. The average Bonchev–Trinajstić information content (AvgIpc) is 3.44. The maximum absolute atomic E-state index is 14.9. The number of nitrogens with one attached hydrogen (secondary N) is 2. The van der Waals surface area contributed by atoms with Crippen LogP contribution in [0.4, 0.5) is 4.39 Å². The minimum absolute atomic E-state index is 0.00835. The monoisotopic (exact) mass is 528 g/mol. The van der Waals surface area contributed by atoms with Crippen molar-refractivity contribution < 1.29 is 33.4 Å². The number of fused-ring (bicyclic) bond motifs is 2. The molecule has 9 heteroatoms. The van der Waals surface area contributed by atoms with E-state index in [0.717, 1.165) is 50.5 Å². The Balaban J connectivity index is 1.16. The smallest absolute Gasteiger partial charge is 0.309 e. The molecule has 4 atom stereocenters. The number of aliphatic carboxylic acids is 1. The molecule has 1 aromatic carbocycles. The van der Waals surface area contributed by atoms with E-state index >= 15 is 0 Å². The van der Waals surface area contributed by atoms with Gasteiger partial charge in [0.2, 0.25) is 5.91 Å². The van der Waals surface area contributed by atoms with Gasteiger partial charge in [-0.15, -0.1) is 0 Å². The molecule has 0 unspecified atom stereocenters. The molecule has 2 amide bonds. The largest absolute Gasteiger partial charge is 0.496 e. The van der Waals surface area contributed by atoms with Gasteiger partial charge < -0.3 is 25.2 Å². The van der Waals surface area contributed by atoms with Crippen LogP contribution in [0.15, 0.2) is 12.1 Å². The molecule has 38 heavy (non-hydrogen) atoms. The number of halogens is 1. The van der Waals surface area contributed by atoms with Crippen molar-refractivity contribution in [1.29, 1.82) is 0 Å². The third-order valence-corrected chi connectivity index (χ3v) is 10.3. The minimum Gasteiger partial charge on any atom is -0.496 e. The number of carboxylic acid groups (broad SMARTS) is 1. The molecule has 6 aliphatic carbocycles. The summed E-state index contributed by atoms with van der Waals surface area (Å²) in [6.07, 6.45) is 7.65. The van der Waals surface area contributed by atoms with Crippen molar-refractivity contribution in [3.8, 4) is 11.5 Å². The van der Waals surface area contributed by atoms with E-state index in [4.69, 9.17) is 9.47 Å². The van der Waals surface area contributed by atoms with Crippen LogP contribution >= 0.6 is 0 Å². The lowest BCUT2D eigenvalue weighted by Gasteiger charge is -2.62. The third-order valence-electron chi connectivity index (χ3n) is 10.3. The summed E-state index contributed by atoms with van der Waals surface area (Å²) in [4.78, 5) is 38.4. The summed E-state index contributed by atoms with van der Waals surface area (Å²) < 4.78 is 26.2. The first-order valence-corrected chi connectivity index (χ1v) is 14.0. The zero-order valence-corrected chi connectivity index (χ0v) is 22.1. The Morgan fingerprint density at radius 1 is 1.03 bits per heavy atom. The third kappa shape index (κ3) is 4.22. The molecule has 0 radical (unpaired) electrons. The summed E-state index contributed by atoms with van der Waals surface area (Å²) in [7, 11) is 1.39. The van der Waals surface area contributed by atoms with E-state index in [-0.39, 0.29) is 58.4 Å². The molecule has 8 nitrogen and oxygen atoms in total. The van der Waals surface area contributed by atoms with Crippen LogP contribution in [0.5, 0.6) is 11.5 Å². The molecule has 7 rings (SSSR count). The molecule has 6 fully saturated rings. The zero-order chi connectivity index (χ0) is 26.8. The molecule has 6 saturated carbocycles. The van der Waals surface area contributed by atoms with Gasteiger partial charge in [0, 0.05) is 17.6 Å². The Kier molecular flexibility index (Phi) is 6.11. The Hall–Kier alpha value is -2.84. The highest BCUT2D eigenvalue weighted by molar-refractivity contribution is 5.98. The topological polar surface area (TPSA) is 114 Å². The molecule has 0 spiro atoms. The van der Waals surface area contributed by atoms with Gasteiger partial charge in [-0.3, -0.25) is 14.4 Å². The van der Waals surface area contributed by atoms with Crippen LogP contribution < -0.4 is 20.1 Å². The molecular weight excluding hydrogens is 491 g/mol. The lowest BCUT2D eigenvalue weighted by molar-refractivity contribution is -0.150. The second kappa shape index (κ2) is 9.12. The SMILES string of the molecule is COc1cc(F)c(O[C@H]2CC[C@@](C)(C(=O)O)CC2)cc1C(=O)N[C@@H]1[C@H]2CC[C@H](C2)[C@@H]1C(=O)NC12CC(C1)C2. The fourth-order valence-corrected chi connectivity index (χ4v) is 7.79. The standard InChI is InChI=1S/C29H37FN2O6/c1-28(27(35)36)7-5-18(6-8-28)38-22-10-19(21(37-2)11-20(22)30)25(33)31-24-17-4-3-16(9-17)23(24)26(34)32-29-12-15(13-29)14-29/h10-11,15-18,23-24H,3-9,12-14H2,1-2H3,(H,31,33)(H,32,34)(H,35,36)/t15?,16-,17+,18-,23+,24-,28+,29?/m1/s1. The van der Waals surface area contributed by atoms with Gasteiger partial charge in [-0.25, -0.2) is 4.39 Å². The fourth-order valence-electron chi connectivity index (χ4n) is 7.79. The minimum atomic E-state index is -0.831. The molecule has 6 aliphatic rings. The highest BCUT2D eigenvalue weighted by Gasteiger charge is 2.59. The van der Waals surface area contributed by atoms with Gasteiger partial charge in [0.15, 0.2) is 11.6 Å². The van der Waals surface area contributed by atoms with Crippen LogP contribution in [0, 0.1) is 34.9 Å². The number of rotatable bonds is 8. The first-order valence-electron chi connectivity index (χ1n) is 14.0. The van der Waals surface area contributed by atoms with Crippen LogP contribution in [-0.2, 0) is 9.59 Å². The van der Waals surface area contributed by atoms with Gasteiger partial charge in [0.05, 0.1) is 30.1 Å². The van der Waals surface area contributed by atoms with Crippen molar-refractivity contribution >= 4 is 17.8 Å². The van der Waals surface area contributed by atoms with Crippen molar-refractivity contribution in [2.45, 2.75) is 88.8 Å². The maximum Gasteiger partial charge on any atom is 0.309 e. The van der Waals surface area contributed by atoms with Crippen molar-refractivity contribution in [2.24, 2.45) is 29.1 Å². The number of methoxy groups -OCH3 is 1. The van der Waals surface area contributed by atoms with Crippen LogP contribution in [0.2, 0.25) is 0 Å². The lowest BCUT2D eigenvalue weighted by atomic mass is 9.50. The Morgan fingerprint density at radius 3 is 2.32 bits per heavy atom. The number of hydrogen-bond acceptors (Lipinski definition) is 5. The van der Waals surface area contributed by atoms with Crippen molar-refractivity contribution in [1.82, 2.24) is 10.6 Å². The zero-order valence-electron chi connectivity index (χ0n) is 22.1. The normalized spacial score (nSPS) is 38.5. The quantitative estimate of drug-likeness (QED) is 0.469. The Morgan fingerprint density at radius 2 is 1.71 bits per heavy atom. The van der Waals surface area contributed by atoms with Crippen LogP contribution in [0.1, 0.15) is 81.5 Å². The summed E-state index contributed by atoms with van der Waals surface area (Å²) in [5, 5.41) is 15.9. The predicted octanol–water partition coefficient (Wildman–Crippen LogP) is 4.06. The predicted molar refractivity (Wildman–Crippen MR) is 135 cm³/mol. The van der Waals surface area contributed by atoms with Gasteiger partial charge in [0.1, 0.15) is 5.75 Å². The number of carbonyl (C=O) groups is 3. The molecule has 0 saturated heterocycles. The molecule has 1 aromatic rings. The first-order chi connectivity index (χ1) is 18.1. The molecule has 206 valence electrons. The summed E-state index contributed by atoms with van der Waals surface area (Å²) >= 11 is 0. The van der Waals surface area contributed by atoms with Gasteiger partial charge in [0.25, 0.3) is 5.91 Å². The van der Waals surface area contributed by atoms with Gasteiger partial charge in [-0.2, -0.15) is 0 Å². The number of hydrogen-bond donors (Lipinski definition) is 3. The van der Waals surface area contributed by atoms with Crippen LogP contribution in [0.3, 0.4) is 0 Å². The van der Waals surface area contributed by atoms with Crippen molar-refractivity contribution in [3.05, 3.63) is 23.5 Å². The molecule has 0 heterocycles. The summed E-state index contributed by atoms with van der Waals surface area (Å²) in [5.74, 6) is -0.726. The van der Waals surface area contributed by atoms with Crippen molar-refractivity contribution in [3.63, 3.8) is 0 Å². The van der Waals surface area contributed by atoms with E-state index in [2.05, 4.69) is 10.6 Å². The first kappa shape index (κ1) is 25.4. The highest BCUT2D eigenvalue weighted by atomic mass is 19.1. The lowest BCUT2D eigenvalue weighted by Crippen LogP contribution is -2.69. The second-order valence-corrected chi connectivity index (χ2v) is 12.8. The van der Waals surface area contributed by atoms with Crippen molar-refractivity contribution in [2.75, 3.05) is 7.11 Å². The molecule has 0 aromatic heterocycles. The van der Waals surface area contributed by atoms with Crippen LogP contribution in [-0.4, -0.2) is 47.7 Å². The van der Waals surface area contributed by atoms with E-state index in [1.807, 2.05) is 0 Å². The highest BCUT2D eigenvalue weighted by Crippen LogP contribution is 2.57. The Bertz CT molecular complexity index is 1140. The van der Waals surface area contributed by atoms with E-state index in [1.54, 1.807) is 6.92 Å². The van der Waals surface area contributed by atoms with Gasteiger partial charge in [-0.05, 0) is 95.0 Å². The second-order valence-electron chi connectivity index (χ2n) is 12.8. The van der Waals surface area contributed by atoms with E-state index in [0.29, 0.717) is 25.7 Å². The number of amides is 2. The van der Waals surface area contributed by atoms with Crippen LogP contribution in [0.25, 0.3) is 0 Å². The van der Waals surface area contributed by atoms with E-state index in [9.17, 15) is 23.9 Å². The molecular formula is C29H37FN2O6. The van der Waals surface area contributed by atoms with Gasteiger partial charge in [-0.1, -0.05) is 0 Å². The molecule has 0 aliphatic heterocycles. The number of carboxylic acids is 1. The molecule has 3 N–H and O–H groups in total. The average molecular weight is 529 g/mol. The molecule has 4 bridgehead atoms. The van der Waals surface area contributed by atoms with E-state index in [1.165, 1.54) is 13.2 Å². The fraction of sp³-hybridized carbons (Fsp3) is 0.690. The van der Waals surface area contributed by atoms with E-state index < -0.39 is 23.1 Å². The number of ether oxygens (including phenoxy) is 2. The van der Waals surface area contributed by atoms with Gasteiger partial charge >= 0.3 is 5.97 Å². The number of carbonyl (C=O) groups excluding carboxylic acids is 2. The Labute approximate surface area is 222 Å². The summed E-state index contributed by atoms with van der Waals surface area (Å²) in [6, 6.07) is 2.26. The number of benzene rings is 1. The summed E-state index contributed by atoms with van der Waals surface area (Å²) in [5.41, 5.74) is -0.645. The maximum atomic E-state index is 14.9.